The average molecular weight is 200 g/mol. The first-order chi connectivity index (χ1) is 6.19. The van der Waals surface area contributed by atoms with Crippen LogP contribution in [-0.2, 0) is 17.7 Å². The molecule has 1 aromatic rings. The third-order valence-corrected chi connectivity index (χ3v) is 2.50. The van der Waals surface area contributed by atoms with E-state index >= 15 is 0 Å². The Morgan fingerprint density at radius 3 is 2.92 bits per heavy atom. The summed E-state index contributed by atoms with van der Waals surface area (Å²) in [5.74, 6) is 0. The molecule has 0 radical (unpaired) electrons. The number of nitrogens with one attached hydrogen (secondary N) is 1. The number of nitrogens with zero attached hydrogens (tertiary/aromatic N) is 1. The van der Waals surface area contributed by atoms with Gasteiger partial charge in [-0.2, -0.15) is 0 Å². The summed E-state index contributed by atoms with van der Waals surface area (Å²) in [6.07, 6.45) is 3.15. The lowest BCUT2D eigenvalue weighted by Gasteiger charge is -2.12. The fraction of sp³-hybridized carbons (Fsp3) is 0.667. The number of rotatable bonds is 4. The molecular weight excluding hydrogens is 184 g/mol. The van der Waals surface area contributed by atoms with Gasteiger partial charge in [0, 0.05) is 19.0 Å². The molecule has 0 bridgehead atoms. The van der Waals surface area contributed by atoms with Crippen molar-refractivity contribution in [1.29, 1.82) is 0 Å². The zero-order valence-corrected chi connectivity index (χ0v) is 9.15. The van der Waals surface area contributed by atoms with Gasteiger partial charge in [-0.3, -0.25) is 0 Å². The summed E-state index contributed by atoms with van der Waals surface area (Å²) in [5.41, 5.74) is 1.23. The quantitative estimate of drug-likeness (QED) is 0.755. The van der Waals surface area contributed by atoms with Crippen LogP contribution >= 0.6 is 12.2 Å². The van der Waals surface area contributed by atoms with E-state index in [4.69, 9.17) is 17.0 Å². The SMILES string of the molecule is CCc1c[nH]c(=S)n1CC(C)OC. The van der Waals surface area contributed by atoms with Gasteiger partial charge in [-0.25, -0.2) is 0 Å². The summed E-state index contributed by atoms with van der Waals surface area (Å²) in [5, 5.41) is 0. The van der Waals surface area contributed by atoms with Crippen LogP contribution in [-0.4, -0.2) is 22.8 Å². The molecule has 1 aromatic heterocycles. The molecule has 1 unspecified atom stereocenters. The van der Waals surface area contributed by atoms with E-state index in [1.165, 1.54) is 5.69 Å². The number of H-pyrrole nitrogens is 1. The molecule has 1 rings (SSSR count). The van der Waals surface area contributed by atoms with Gasteiger partial charge in [-0.15, -0.1) is 0 Å². The van der Waals surface area contributed by atoms with Gasteiger partial charge >= 0.3 is 0 Å². The van der Waals surface area contributed by atoms with Crippen molar-refractivity contribution in [3.8, 4) is 0 Å². The molecule has 1 atom stereocenters. The van der Waals surface area contributed by atoms with Crippen LogP contribution < -0.4 is 0 Å². The molecule has 1 N–H and O–H groups in total. The first-order valence-electron chi connectivity index (χ1n) is 4.49. The maximum atomic E-state index is 5.20. The van der Waals surface area contributed by atoms with Gasteiger partial charge in [0.1, 0.15) is 0 Å². The highest BCUT2D eigenvalue weighted by molar-refractivity contribution is 7.71. The minimum Gasteiger partial charge on any atom is -0.380 e. The highest BCUT2D eigenvalue weighted by atomic mass is 32.1. The molecule has 0 aliphatic rings. The Morgan fingerprint density at radius 2 is 2.38 bits per heavy atom. The average Bonchev–Trinajstić information content (AvgIpc) is 2.48. The maximum Gasteiger partial charge on any atom is 0.177 e. The van der Waals surface area contributed by atoms with Crippen molar-refractivity contribution in [2.75, 3.05) is 7.11 Å². The largest absolute Gasteiger partial charge is 0.380 e. The number of hydrogen-bond acceptors (Lipinski definition) is 2. The lowest BCUT2D eigenvalue weighted by atomic mass is 10.3. The number of hydrogen-bond donors (Lipinski definition) is 1. The van der Waals surface area contributed by atoms with Crippen LogP contribution in [0.1, 0.15) is 19.5 Å². The Hall–Kier alpha value is -0.610. The molecule has 0 saturated heterocycles. The van der Waals surface area contributed by atoms with Crippen molar-refractivity contribution in [1.82, 2.24) is 9.55 Å². The standard InChI is InChI=1S/C9H16N2OS/c1-4-8-5-10-9(13)11(8)6-7(2)12-3/h5,7H,4,6H2,1-3H3,(H,10,13). The van der Waals surface area contributed by atoms with Gasteiger partial charge in [-0.1, -0.05) is 6.92 Å². The smallest absolute Gasteiger partial charge is 0.177 e. The van der Waals surface area contributed by atoms with E-state index in [0.29, 0.717) is 0 Å². The molecule has 0 aliphatic heterocycles. The number of aromatic nitrogens is 2. The molecular formula is C9H16N2OS. The monoisotopic (exact) mass is 200 g/mol. The van der Waals surface area contributed by atoms with E-state index in [1.54, 1.807) is 7.11 Å². The summed E-state index contributed by atoms with van der Waals surface area (Å²) < 4.78 is 8.06. The summed E-state index contributed by atoms with van der Waals surface area (Å²) in [6.45, 7) is 4.97. The van der Waals surface area contributed by atoms with Crippen molar-refractivity contribution in [2.24, 2.45) is 0 Å². The molecule has 0 spiro atoms. The molecule has 0 aliphatic carbocycles. The Morgan fingerprint density at radius 1 is 1.69 bits per heavy atom. The zero-order valence-electron chi connectivity index (χ0n) is 8.33. The predicted molar refractivity (Wildman–Crippen MR) is 55.5 cm³/mol. The fourth-order valence-corrected chi connectivity index (χ4v) is 1.51. The second kappa shape index (κ2) is 4.58. The highest BCUT2D eigenvalue weighted by Crippen LogP contribution is 2.05. The van der Waals surface area contributed by atoms with Gasteiger partial charge in [0.2, 0.25) is 0 Å². The molecule has 74 valence electrons. The van der Waals surface area contributed by atoms with Gasteiger partial charge < -0.3 is 14.3 Å². The molecule has 4 heteroatoms. The predicted octanol–water partition coefficient (Wildman–Crippen LogP) is 2.14. The van der Waals surface area contributed by atoms with Crippen molar-refractivity contribution in [3.63, 3.8) is 0 Å². The number of methoxy groups -OCH3 is 1. The zero-order chi connectivity index (χ0) is 9.84. The Bertz CT molecular complexity index is 316. The summed E-state index contributed by atoms with van der Waals surface area (Å²) in [4.78, 5) is 3.04. The third kappa shape index (κ3) is 2.42. The Kier molecular flexibility index (Phi) is 3.69. The van der Waals surface area contributed by atoms with E-state index in [0.717, 1.165) is 17.7 Å². The van der Waals surface area contributed by atoms with E-state index < -0.39 is 0 Å². The third-order valence-electron chi connectivity index (χ3n) is 2.16. The van der Waals surface area contributed by atoms with Crippen LogP contribution in [0.2, 0.25) is 0 Å². The number of aryl methyl sites for hydroxylation is 1. The summed E-state index contributed by atoms with van der Waals surface area (Å²) >= 11 is 5.16. The van der Waals surface area contributed by atoms with Crippen LogP contribution in [0.5, 0.6) is 0 Å². The first-order valence-corrected chi connectivity index (χ1v) is 4.89. The molecule has 1 heterocycles. The number of aromatic amines is 1. The number of imidazole rings is 1. The van der Waals surface area contributed by atoms with E-state index in [9.17, 15) is 0 Å². The first kappa shape index (κ1) is 10.5. The van der Waals surface area contributed by atoms with E-state index in [-0.39, 0.29) is 6.10 Å². The second-order valence-electron chi connectivity index (χ2n) is 3.10. The van der Waals surface area contributed by atoms with Gasteiger partial charge in [0.25, 0.3) is 0 Å². The highest BCUT2D eigenvalue weighted by Gasteiger charge is 2.05. The Balaban J connectivity index is 2.85. The lowest BCUT2D eigenvalue weighted by molar-refractivity contribution is 0.102. The van der Waals surface area contributed by atoms with Gasteiger partial charge in [0.05, 0.1) is 12.6 Å². The fourth-order valence-electron chi connectivity index (χ4n) is 1.26. The lowest BCUT2D eigenvalue weighted by Crippen LogP contribution is -2.16. The molecule has 3 nitrogen and oxygen atoms in total. The van der Waals surface area contributed by atoms with Crippen LogP contribution in [0.25, 0.3) is 0 Å². The summed E-state index contributed by atoms with van der Waals surface area (Å²) in [6, 6.07) is 0. The molecule has 0 saturated carbocycles. The van der Waals surface area contributed by atoms with E-state index in [1.807, 2.05) is 13.1 Å². The molecule has 13 heavy (non-hydrogen) atoms. The van der Waals surface area contributed by atoms with Gasteiger partial charge in [-0.05, 0) is 25.6 Å². The van der Waals surface area contributed by atoms with Crippen molar-refractivity contribution in [2.45, 2.75) is 32.9 Å². The minimum atomic E-state index is 0.202. The minimum absolute atomic E-state index is 0.202. The molecule has 0 aromatic carbocycles. The van der Waals surface area contributed by atoms with Crippen molar-refractivity contribution >= 4 is 12.2 Å². The van der Waals surface area contributed by atoms with Crippen molar-refractivity contribution < 1.29 is 4.74 Å². The van der Waals surface area contributed by atoms with Crippen LogP contribution in [0.4, 0.5) is 0 Å². The molecule has 0 fully saturated rings. The van der Waals surface area contributed by atoms with Gasteiger partial charge in [0.15, 0.2) is 4.77 Å². The van der Waals surface area contributed by atoms with Crippen LogP contribution in [0, 0.1) is 4.77 Å². The summed E-state index contributed by atoms with van der Waals surface area (Å²) in [7, 11) is 1.71. The van der Waals surface area contributed by atoms with E-state index in [2.05, 4.69) is 16.5 Å². The topological polar surface area (TPSA) is 29.9 Å². The normalized spacial score (nSPS) is 13.2. The van der Waals surface area contributed by atoms with Crippen LogP contribution in [0.15, 0.2) is 6.20 Å². The number of ether oxygens (including phenoxy) is 1. The van der Waals surface area contributed by atoms with Crippen molar-refractivity contribution in [3.05, 3.63) is 16.7 Å². The van der Waals surface area contributed by atoms with Crippen LogP contribution in [0.3, 0.4) is 0 Å². The molecule has 0 amide bonds. The second-order valence-corrected chi connectivity index (χ2v) is 3.48. The maximum absolute atomic E-state index is 5.20. The Labute approximate surface area is 83.7 Å².